The van der Waals surface area contributed by atoms with Crippen LogP contribution in [-0.4, -0.2) is 15.5 Å². The Morgan fingerprint density at radius 3 is 2.79 bits per heavy atom. The number of unbranched alkanes of at least 4 members (excludes halogenated alkanes) is 1. The number of imidazole rings is 1. The molecule has 1 amide bonds. The Labute approximate surface area is 146 Å². The summed E-state index contributed by atoms with van der Waals surface area (Å²) in [6.45, 7) is 4.88. The number of nitrogens with one attached hydrogen (secondary N) is 1. The van der Waals surface area contributed by atoms with Gasteiger partial charge in [0, 0.05) is 17.1 Å². The van der Waals surface area contributed by atoms with Gasteiger partial charge in [0.15, 0.2) is 0 Å². The molecule has 0 aliphatic rings. The molecule has 0 unspecified atom stereocenters. The van der Waals surface area contributed by atoms with Gasteiger partial charge in [0.2, 0.25) is 5.95 Å². The number of hydrogen-bond donors (Lipinski definition) is 1. The van der Waals surface area contributed by atoms with E-state index in [1.807, 2.05) is 37.3 Å². The fourth-order valence-electron chi connectivity index (χ4n) is 2.62. The van der Waals surface area contributed by atoms with Gasteiger partial charge in [-0.25, -0.2) is 4.98 Å². The van der Waals surface area contributed by atoms with Crippen LogP contribution in [0.4, 0.5) is 5.95 Å². The predicted molar refractivity (Wildman–Crippen MR) is 98.8 cm³/mol. The number of halogens is 1. The number of carbonyl (C=O) groups is 1. The summed E-state index contributed by atoms with van der Waals surface area (Å²) in [5, 5.41) is 3.51. The molecule has 0 fully saturated rings. The summed E-state index contributed by atoms with van der Waals surface area (Å²) < 4.78 is 2.06. The lowest BCUT2D eigenvalue weighted by Gasteiger charge is -2.10. The van der Waals surface area contributed by atoms with Crippen LogP contribution in [0.3, 0.4) is 0 Å². The van der Waals surface area contributed by atoms with Gasteiger partial charge >= 0.3 is 0 Å². The van der Waals surface area contributed by atoms with Crippen molar-refractivity contribution in [1.29, 1.82) is 0 Å². The van der Waals surface area contributed by atoms with Crippen molar-refractivity contribution >= 4 is 34.5 Å². The van der Waals surface area contributed by atoms with E-state index < -0.39 is 0 Å². The van der Waals surface area contributed by atoms with E-state index in [-0.39, 0.29) is 5.91 Å². The highest BCUT2D eigenvalue weighted by Crippen LogP contribution is 2.22. The molecule has 24 heavy (non-hydrogen) atoms. The smallest absolute Gasteiger partial charge is 0.258 e. The molecule has 1 heterocycles. The quantitative estimate of drug-likeness (QED) is 0.705. The Balaban J connectivity index is 1.93. The summed E-state index contributed by atoms with van der Waals surface area (Å²) in [5.41, 5.74) is 3.39. The van der Waals surface area contributed by atoms with Gasteiger partial charge in [0.25, 0.3) is 5.91 Å². The second-order valence-electron chi connectivity index (χ2n) is 5.85. The third-order valence-electron chi connectivity index (χ3n) is 4.05. The minimum absolute atomic E-state index is 0.204. The minimum atomic E-state index is -0.204. The largest absolute Gasteiger partial charge is 0.310 e. The van der Waals surface area contributed by atoms with Crippen molar-refractivity contribution in [3.63, 3.8) is 0 Å². The molecule has 0 spiro atoms. The molecular formula is C19H20ClN3O. The maximum Gasteiger partial charge on any atom is 0.258 e. The van der Waals surface area contributed by atoms with E-state index in [0.29, 0.717) is 16.5 Å². The first-order valence-electron chi connectivity index (χ1n) is 8.13. The van der Waals surface area contributed by atoms with E-state index in [0.717, 1.165) is 36.0 Å². The Hall–Kier alpha value is -2.33. The Bertz CT molecular complexity index is 885. The van der Waals surface area contributed by atoms with Crippen LogP contribution >= 0.6 is 11.6 Å². The van der Waals surface area contributed by atoms with Crippen molar-refractivity contribution in [3.05, 3.63) is 58.6 Å². The van der Waals surface area contributed by atoms with Crippen LogP contribution in [-0.2, 0) is 6.54 Å². The van der Waals surface area contributed by atoms with Gasteiger partial charge in [0.1, 0.15) is 0 Å². The predicted octanol–water partition coefficient (Wildman–Crippen LogP) is 5.05. The summed E-state index contributed by atoms with van der Waals surface area (Å²) in [6.07, 6.45) is 2.10. The Morgan fingerprint density at radius 2 is 2.04 bits per heavy atom. The molecule has 0 saturated carbocycles. The van der Waals surface area contributed by atoms with Gasteiger partial charge in [-0.05, 0) is 43.2 Å². The molecule has 2 aromatic carbocycles. The van der Waals surface area contributed by atoms with Gasteiger partial charge in [-0.1, -0.05) is 43.1 Å². The molecule has 0 aliphatic heterocycles. The lowest BCUT2D eigenvalue weighted by molar-refractivity contribution is 0.102. The molecule has 1 aromatic heterocycles. The molecule has 0 atom stereocenters. The molecule has 0 bridgehead atoms. The van der Waals surface area contributed by atoms with Crippen molar-refractivity contribution in [2.75, 3.05) is 5.32 Å². The van der Waals surface area contributed by atoms with Gasteiger partial charge in [-0.3, -0.25) is 10.1 Å². The summed E-state index contributed by atoms with van der Waals surface area (Å²) in [6, 6.07) is 13.2. The monoisotopic (exact) mass is 341 g/mol. The fraction of sp³-hybridized carbons (Fsp3) is 0.263. The summed E-state index contributed by atoms with van der Waals surface area (Å²) in [5.74, 6) is 0.372. The van der Waals surface area contributed by atoms with Crippen LogP contribution in [0.5, 0.6) is 0 Å². The third-order valence-corrected chi connectivity index (χ3v) is 4.46. The minimum Gasteiger partial charge on any atom is -0.310 e. The second-order valence-corrected chi connectivity index (χ2v) is 6.25. The number of carbonyl (C=O) groups excluding carboxylic acids is 1. The number of aryl methyl sites for hydroxylation is 2. The van der Waals surface area contributed by atoms with Crippen LogP contribution in [0.25, 0.3) is 11.0 Å². The van der Waals surface area contributed by atoms with E-state index >= 15 is 0 Å². The first-order valence-corrected chi connectivity index (χ1v) is 8.50. The molecule has 124 valence electrons. The average molecular weight is 342 g/mol. The standard InChI is InChI=1S/C19H20ClN3O/c1-3-4-11-23-17-8-6-5-7-16(17)21-19(23)22-18(24)14-10-9-13(2)15(20)12-14/h5-10,12H,3-4,11H2,1-2H3,(H,21,22,24). The van der Waals surface area contributed by atoms with E-state index in [1.165, 1.54) is 0 Å². The highest BCUT2D eigenvalue weighted by atomic mass is 35.5. The Kier molecular flexibility index (Phi) is 4.86. The summed E-state index contributed by atoms with van der Waals surface area (Å²) in [7, 11) is 0. The van der Waals surface area contributed by atoms with Crippen molar-refractivity contribution in [3.8, 4) is 0 Å². The summed E-state index contributed by atoms with van der Waals surface area (Å²) >= 11 is 6.12. The molecule has 5 heteroatoms. The highest BCUT2D eigenvalue weighted by molar-refractivity contribution is 6.31. The van der Waals surface area contributed by atoms with Crippen LogP contribution in [0.15, 0.2) is 42.5 Å². The molecule has 0 saturated heterocycles. The molecular weight excluding hydrogens is 322 g/mol. The number of anilines is 1. The van der Waals surface area contributed by atoms with Crippen molar-refractivity contribution in [2.45, 2.75) is 33.2 Å². The van der Waals surface area contributed by atoms with Crippen molar-refractivity contribution in [2.24, 2.45) is 0 Å². The molecule has 3 aromatic rings. The summed E-state index contributed by atoms with van der Waals surface area (Å²) in [4.78, 5) is 17.1. The Morgan fingerprint density at radius 1 is 1.25 bits per heavy atom. The number of amides is 1. The molecule has 0 aliphatic carbocycles. The third kappa shape index (κ3) is 3.29. The number of para-hydroxylation sites is 2. The van der Waals surface area contributed by atoms with E-state index in [4.69, 9.17) is 11.6 Å². The zero-order valence-corrected chi connectivity index (χ0v) is 14.6. The fourth-order valence-corrected chi connectivity index (χ4v) is 2.80. The van der Waals surface area contributed by atoms with E-state index in [2.05, 4.69) is 21.8 Å². The molecule has 3 rings (SSSR count). The number of nitrogens with zero attached hydrogens (tertiary/aromatic N) is 2. The molecule has 1 N–H and O–H groups in total. The first kappa shape index (κ1) is 16.5. The number of rotatable bonds is 5. The van der Waals surface area contributed by atoms with Gasteiger partial charge in [-0.2, -0.15) is 0 Å². The van der Waals surface area contributed by atoms with Gasteiger partial charge in [-0.15, -0.1) is 0 Å². The topological polar surface area (TPSA) is 46.9 Å². The lowest BCUT2D eigenvalue weighted by atomic mass is 10.1. The number of aromatic nitrogens is 2. The van der Waals surface area contributed by atoms with Crippen LogP contribution in [0.1, 0.15) is 35.7 Å². The van der Waals surface area contributed by atoms with E-state index in [1.54, 1.807) is 12.1 Å². The zero-order chi connectivity index (χ0) is 17.1. The second kappa shape index (κ2) is 7.05. The van der Waals surface area contributed by atoms with Gasteiger partial charge in [0.05, 0.1) is 11.0 Å². The van der Waals surface area contributed by atoms with E-state index in [9.17, 15) is 4.79 Å². The first-order chi connectivity index (χ1) is 11.6. The van der Waals surface area contributed by atoms with Crippen molar-refractivity contribution < 1.29 is 4.79 Å². The maximum atomic E-state index is 12.6. The average Bonchev–Trinajstić information content (AvgIpc) is 2.92. The number of fused-ring (bicyclic) bond motifs is 1. The van der Waals surface area contributed by atoms with Crippen LogP contribution in [0.2, 0.25) is 5.02 Å². The van der Waals surface area contributed by atoms with Crippen molar-refractivity contribution in [1.82, 2.24) is 9.55 Å². The maximum absolute atomic E-state index is 12.6. The SMILES string of the molecule is CCCCn1c(NC(=O)c2ccc(C)c(Cl)c2)nc2ccccc21. The van der Waals surface area contributed by atoms with Gasteiger partial charge < -0.3 is 4.57 Å². The highest BCUT2D eigenvalue weighted by Gasteiger charge is 2.14. The van der Waals surface area contributed by atoms with Crippen LogP contribution < -0.4 is 5.32 Å². The molecule has 4 nitrogen and oxygen atoms in total. The lowest BCUT2D eigenvalue weighted by Crippen LogP contribution is -2.16. The zero-order valence-electron chi connectivity index (χ0n) is 13.8. The number of benzene rings is 2. The van der Waals surface area contributed by atoms with Crippen LogP contribution in [0, 0.1) is 6.92 Å². The molecule has 0 radical (unpaired) electrons. The normalized spacial score (nSPS) is 11.0. The number of hydrogen-bond acceptors (Lipinski definition) is 2.